The number of piperazine rings is 1. The van der Waals surface area contributed by atoms with Crippen LogP contribution in [0.5, 0.6) is 5.75 Å². The molecule has 0 aliphatic carbocycles. The third kappa shape index (κ3) is 4.85. The van der Waals surface area contributed by atoms with Crippen molar-refractivity contribution in [2.24, 2.45) is 0 Å². The summed E-state index contributed by atoms with van der Waals surface area (Å²) in [5.74, 6) is 2.72. The van der Waals surface area contributed by atoms with Gasteiger partial charge in [0.1, 0.15) is 11.6 Å². The maximum atomic E-state index is 5.80. The molecule has 2 heterocycles. The lowest BCUT2D eigenvalue weighted by Gasteiger charge is -2.35. The third-order valence-electron chi connectivity index (χ3n) is 4.40. The molecule has 1 aromatic heterocycles. The minimum absolute atomic E-state index is 0.203. The molecule has 0 bridgehead atoms. The summed E-state index contributed by atoms with van der Waals surface area (Å²) in [4.78, 5) is 15.7. The second-order valence-electron chi connectivity index (χ2n) is 7.19. The second-order valence-corrected chi connectivity index (χ2v) is 7.19. The molecular weight excluding hydrogens is 326 g/mol. The topological polar surface area (TPSA) is 44.7 Å². The fourth-order valence-electron chi connectivity index (χ4n) is 3.11. The maximum Gasteiger partial charge on any atom is 0.226 e. The van der Waals surface area contributed by atoms with E-state index in [9.17, 15) is 0 Å². The molecule has 0 amide bonds. The first-order valence-electron chi connectivity index (χ1n) is 9.24. The molecule has 0 atom stereocenters. The molecule has 140 valence electrons. The van der Waals surface area contributed by atoms with Crippen LogP contribution in [0, 0.1) is 0 Å². The number of aromatic nitrogens is 2. The van der Waals surface area contributed by atoms with Crippen LogP contribution in [0.2, 0.25) is 0 Å². The summed E-state index contributed by atoms with van der Waals surface area (Å²) < 4.78 is 5.80. The summed E-state index contributed by atoms with van der Waals surface area (Å²) in [5.41, 5.74) is 1.30. The first kappa shape index (κ1) is 18.5. The normalized spacial score (nSPS) is 15.3. The van der Waals surface area contributed by atoms with E-state index in [1.807, 2.05) is 37.3 Å². The van der Waals surface area contributed by atoms with Crippen LogP contribution < -0.4 is 14.5 Å². The Balaban J connectivity index is 1.56. The van der Waals surface area contributed by atoms with Gasteiger partial charge < -0.3 is 14.5 Å². The van der Waals surface area contributed by atoms with Crippen LogP contribution in [0.25, 0.3) is 0 Å². The van der Waals surface area contributed by atoms with E-state index in [1.165, 1.54) is 5.56 Å². The van der Waals surface area contributed by atoms with Crippen molar-refractivity contribution in [3.63, 3.8) is 0 Å². The number of nitrogens with zero attached hydrogens (tertiary/aromatic N) is 5. The van der Waals surface area contributed by atoms with E-state index >= 15 is 0 Å². The van der Waals surface area contributed by atoms with Crippen molar-refractivity contribution in [3.05, 3.63) is 42.1 Å². The zero-order valence-corrected chi connectivity index (χ0v) is 16.2. The smallest absolute Gasteiger partial charge is 0.226 e. The predicted octanol–water partition coefficient (Wildman–Crippen LogP) is 2.65. The van der Waals surface area contributed by atoms with Crippen LogP contribution in [-0.2, 0) is 6.54 Å². The Morgan fingerprint density at radius 2 is 1.88 bits per heavy atom. The minimum atomic E-state index is 0.203. The lowest BCUT2D eigenvalue weighted by molar-refractivity contribution is 0.238. The first-order valence-corrected chi connectivity index (χ1v) is 9.24. The van der Waals surface area contributed by atoms with Gasteiger partial charge in [0.15, 0.2) is 0 Å². The largest absolute Gasteiger partial charge is 0.491 e. The van der Waals surface area contributed by atoms with E-state index in [-0.39, 0.29) is 6.10 Å². The van der Waals surface area contributed by atoms with Crippen molar-refractivity contribution in [2.45, 2.75) is 26.5 Å². The van der Waals surface area contributed by atoms with Gasteiger partial charge in [0.25, 0.3) is 0 Å². The maximum absolute atomic E-state index is 5.80. The summed E-state index contributed by atoms with van der Waals surface area (Å²) in [6.07, 6.45) is 2.04. The summed E-state index contributed by atoms with van der Waals surface area (Å²) in [6, 6.07) is 10.4. The quantitative estimate of drug-likeness (QED) is 0.794. The molecule has 1 aromatic carbocycles. The van der Waals surface area contributed by atoms with Gasteiger partial charge in [-0.3, -0.25) is 4.90 Å². The van der Waals surface area contributed by atoms with Crippen molar-refractivity contribution in [1.82, 2.24) is 14.9 Å². The van der Waals surface area contributed by atoms with Crippen LogP contribution in [-0.4, -0.2) is 61.2 Å². The standard InChI is InChI=1S/C20H29N5O/c1-16(2)26-18-7-5-6-17(14-18)15-24-10-12-25(13-11-24)19-8-9-21-20(22-19)23(3)4/h5-9,14,16H,10-13,15H2,1-4H3. The molecule has 0 saturated carbocycles. The Kier molecular flexibility index (Phi) is 5.93. The Morgan fingerprint density at radius 3 is 2.58 bits per heavy atom. The summed E-state index contributed by atoms with van der Waals surface area (Å²) in [7, 11) is 3.93. The van der Waals surface area contributed by atoms with Gasteiger partial charge in [-0.25, -0.2) is 4.98 Å². The van der Waals surface area contributed by atoms with E-state index in [0.717, 1.165) is 50.2 Å². The lowest BCUT2D eigenvalue weighted by atomic mass is 10.2. The zero-order valence-electron chi connectivity index (χ0n) is 16.2. The number of anilines is 2. The molecule has 1 fully saturated rings. The van der Waals surface area contributed by atoms with Gasteiger partial charge in [-0.1, -0.05) is 12.1 Å². The van der Waals surface area contributed by atoms with Gasteiger partial charge in [-0.15, -0.1) is 0 Å². The van der Waals surface area contributed by atoms with E-state index in [4.69, 9.17) is 4.74 Å². The third-order valence-corrected chi connectivity index (χ3v) is 4.40. The molecule has 1 aliphatic rings. The molecule has 0 radical (unpaired) electrons. The molecule has 3 rings (SSSR count). The van der Waals surface area contributed by atoms with E-state index in [2.05, 4.69) is 51.8 Å². The molecule has 2 aromatic rings. The fraction of sp³-hybridized carbons (Fsp3) is 0.500. The Labute approximate surface area is 156 Å². The number of rotatable bonds is 6. The summed E-state index contributed by atoms with van der Waals surface area (Å²) in [5, 5.41) is 0. The van der Waals surface area contributed by atoms with E-state index < -0.39 is 0 Å². The van der Waals surface area contributed by atoms with E-state index in [0.29, 0.717) is 0 Å². The number of ether oxygens (including phenoxy) is 1. The average Bonchev–Trinajstić information content (AvgIpc) is 2.62. The highest BCUT2D eigenvalue weighted by atomic mass is 16.5. The lowest BCUT2D eigenvalue weighted by Crippen LogP contribution is -2.46. The second kappa shape index (κ2) is 8.36. The van der Waals surface area contributed by atoms with Crippen molar-refractivity contribution in [1.29, 1.82) is 0 Å². The number of benzene rings is 1. The van der Waals surface area contributed by atoms with Crippen LogP contribution in [0.4, 0.5) is 11.8 Å². The highest BCUT2D eigenvalue weighted by Crippen LogP contribution is 2.19. The van der Waals surface area contributed by atoms with Crippen LogP contribution in [0.15, 0.2) is 36.5 Å². The highest BCUT2D eigenvalue weighted by molar-refractivity contribution is 5.43. The van der Waals surface area contributed by atoms with E-state index in [1.54, 1.807) is 0 Å². The molecule has 0 N–H and O–H groups in total. The molecule has 0 spiro atoms. The Hall–Kier alpha value is -2.34. The summed E-state index contributed by atoms with van der Waals surface area (Å²) in [6.45, 7) is 9.07. The van der Waals surface area contributed by atoms with Crippen LogP contribution in [0.3, 0.4) is 0 Å². The molecule has 6 nitrogen and oxygen atoms in total. The minimum Gasteiger partial charge on any atom is -0.491 e. The van der Waals surface area contributed by atoms with Gasteiger partial charge in [0.2, 0.25) is 5.95 Å². The van der Waals surface area contributed by atoms with Crippen molar-refractivity contribution in [2.75, 3.05) is 50.1 Å². The number of hydrogen-bond donors (Lipinski definition) is 0. The van der Waals surface area contributed by atoms with Gasteiger partial charge in [0, 0.05) is 53.0 Å². The van der Waals surface area contributed by atoms with Gasteiger partial charge >= 0.3 is 0 Å². The average molecular weight is 355 g/mol. The van der Waals surface area contributed by atoms with Crippen LogP contribution >= 0.6 is 0 Å². The van der Waals surface area contributed by atoms with Gasteiger partial charge in [-0.05, 0) is 37.6 Å². The van der Waals surface area contributed by atoms with Crippen molar-refractivity contribution in [3.8, 4) is 5.75 Å². The number of hydrogen-bond acceptors (Lipinski definition) is 6. The molecule has 1 aliphatic heterocycles. The predicted molar refractivity (Wildman–Crippen MR) is 106 cm³/mol. The highest BCUT2D eigenvalue weighted by Gasteiger charge is 2.19. The van der Waals surface area contributed by atoms with Gasteiger partial charge in [0.05, 0.1) is 6.10 Å². The molecule has 26 heavy (non-hydrogen) atoms. The molecular formula is C20H29N5O. The summed E-state index contributed by atoms with van der Waals surface area (Å²) >= 11 is 0. The first-order chi connectivity index (χ1) is 12.5. The zero-order chi connectivity index (χ0) is 18.5. The van der Waals surface area contributed by atoms with Crippen molar-refractivity contribution >= 4 is 11.8 Å². The monoisotopic (exact) mass is 355 g/mol. The fourth-order valence-corrected chi connectivity index (χ4v) is 3.11. The molecule has 0 unspecified atom stereocenters. The van der Waals surface area contributed by atoms with Crippen molar-refractivity contribution < 1.29 is 4.74 Å². The molecule has 6 heteroatoms. The van der Waals surface area contributed by atoms with Crippen LogP contribution in [0.1, 0.15) is 19.4 Å². The molecule has 1 saturated heterocycles. The Morgan fingerprint density at radius 1 is 1.12 bits per heavy atom. The van der Waals surface area contributed by atoms with Gasteiger partial charge in [-0.2, -0.15) is 4.98 Å². The SMILES string of the molecule is CC(C)Oc1cccc(CN2CCN(c3ccnc(N(C)C)n3)CC2)c1. The Bertz CT molecular complexity index is 711.